The number of urea groups is 1. The molecule has 5 nitrogen and oxygen atoms in total. The first-order valence-electron chi connectivity index (χ1n) is 5.47. The first kappa shape index (κ1) is 10.4. The zero-order valence-corrected chi connectivity index (χ0v) is 8.95. The summed E-state index contributed by atoms with van der Waals surface area (Å²) < 4.78 is 0. The summed E-state index contributed by atoms with van der Waals surface area (Å²) in [5, 5.41) is 5.85. The molecule has 84 valence electrons. The van der Waals surface area contributed by atoms with Gasteiger partial charge < -0.3 is 10.6 Å². The van der Waals surface area contributed by atoms with Gasteiger partial charge >= 0.3 is 6.03 Å². The van der Waals surface area contributed by atoms with Crippen LogP contribution >= 0.6 is 0 Å². The van der Waals surface area contributed by atoms with Gasteiger partial charge in [-0.05, 0) is 31.3 Å². The lowest BCUT2D eigenvalue weighted by Crippen LogP contribution is -2.43. The van der Waals surface area contributed by atoms with Crippen molar-refractivity contribution >= 4 is 11.9 Å². The van der Waals surface area contributed by atoms with Crippen LogP contribution in [0.5, 0.6) is 0 Å². The van der Waals surface area contributed by atoms with Crippen molar-refractivity contribution < 1.29 is 9.59 Å². The summed E-state index contributed by atoms with van der Waals surface area (Å²) in [7, 11) is 0. The molecule has 0 aromatic carbocycles. The van der Waals surface area contributed by atoms with Crippen LogP contribution in [0.1, 0.15) is 13.3 Å². The molecule has 0 aromatic rings. The average molecular weight is 211 g/mol. The van der Waals surface area contributed by atoms with Crippen molar-refractivity contribution in [2.45, 2.75) is 13.3 Å². The molecule has 3 amide bonds. The number of hydrogen-bond donors (Lipinski definition) is 2. The van der Waals surface area contributed by atoms with Gasteiger partial charge in [0.15, 0.2) is 0 Å². The van der Waals surface area contributed by atoms with Crippen molar-refractivity contribution in [3.8, 4) is 0 Å². The van der Waals surface area contributed by atoms with Crippen molar-refractivity contribution in [3.05, 3.63) is 0 Å². The number of nitrogens with zero attached hydrogens (tertiary/aromatic N) is 1. The van der Waals surface area contributed by atoms with Gasteiger partial charge in [-0.3, -0.25) is 9.69 Å². The van der Waals surface area contributed by atoms with E-state index in [0.29, 0.717) is 18.4 Å². The maximum absolute atomic E-state index is 11.4. The molecule has 2 heterocycles. The highest BCUT2D eigenvalue weighted by atomic mass is 16.2. The molecule has 0 aliphatic carbocycles. The van der Waals surface area contributed by atoms with E-state index in [2.05, 4.69) is 17.6 Å². The second-order valence-electron chi connectivity index (χ2n) is 4.39. The summed E-state index contributed by atoms with van der Waals surface area (Å²) >= 11 is 0. The maximum Gasteiger partial charge on any atom is 0.324 e. The molecule has 2 saturated heterocycles. The van der Waals surface area contributed by atoms with E-state index >= 15 is 0 Å². The molecule has 0 saturated carbocycles. The zero-order chi connectivity index (χ0) is 10.8. The summed E-state index contributed by atoms with van der Waals surface area (Å²) in [5.41, 5.74) is 0. The fraction of sp³-hybridized carbons (Fsp3) is 0.800. The molecule has 2 aliphatic heterocycles. The minimum absolute atomic E-state index is 0.0919. The minimum atomic E-state index is -0.231. The van der Waals surface area contributed by atoms with Crippen LogP contribution in [-0.4, -0.2) is 43.0 Å². The van der Waals surface area contributed by atoms with Gasteiger partial charge in [0.2, 0.25) is 5.91 Å². The van der Waals surface area contributed by atoms with Gasteiger partial charge in [-0.25, -0.2) is 4.79 Å². The van der Waals surface area contributed by atoms with E-state index in [1.165, 1.54) is 4.90 Å². The predicted octanol–water partition coefficient (Wildman–Crippen LogP) is -0.216. The Hall–Kier alpha value is -1.10. The Labute approximate surface area is 89.2 Å². The van der Waals surface area contributed by atoms with Gasteiger partial charge in [0.05, 0.1) is 6.54 Å². The van der Waals surface area contributed by atoms with Gasteiger partial charge in [0.1, 0.15) is 0 Å². The molecule has 2 rings (SSSR count). The lowest BCUT2D eigenvalue weighted by Gasteiger charge is -2.31. The van der Waals surface area contributed by atoms with Crippen molar-refractivity contribution in [1.29, 1.82) is 0 Å². The molecule has 0 spiro atoms. The largest absolute Gasteiger partial charge is 0.329 e. The standard InChI is InChI=1S/C10H17N3O2/c1-7-4-11-3-2-8(7)6-13-9(14)5-12-10(13)15/h7-8,11H,2-6H2,1H3,(H,12,15). The molecule has 0 radical (unpaired) electrons. The molecule has 5 heteroatoms. The van der Waals surface area contributed by atoms with E-state index in [-0.39, 0.29) is 18.5 Å². The lowest BCUT2D eigenvalue weighted by atomic mass is 9.87. The summed E-state index contributed by atoms with van der Waals surface area (Å²) in [5.74, 6) is 0.879. The number of carbonyl (C=O) groups excluding carboxylic acids is 2. The highest BCUT2D eigenvalue weighted by Crippen LogP contribution is 2.20. The Morgan fingerprint density at radius 2 is 2.27 bits per heavy atom. The summed E-state index contributed by atoms with van der Waals surface area (Å²) in [6.07, 6.45) is 1.04. The van der Waals surface area contributed by atoms with Crippen LogP contribution in [-0.2, 0) is 4.79 Å². The van der Waals surface area contributed by atoms with Gasteiger partial charge in [-0.15, -0.1) is 0 Å². The van der Waals surface area contributed by atoms with Crippen molar-refractivity contribution in [2.24, 2.45) is 11.8 Å². The third kappa shape index (κ3) is 2.12. The number of nitrogens with one attached hydrogen (secondary N) is 2. The van der Waals surface area contributed by atoms with Crippen LogP contribution in [0.3, 0.4) is 0 Å². The monoisotopic (exact) mass is 211 g/mol. The number of piperidine rings is 1. The first-order chi connectivity index (χ1) is 7.18. The zero-order valence-electron chi connectivity index (χ0n) is 8.95. The number of imide groups is 1. The number of carbonyl (C=O) groups is 2. The van der Waals surface area contributed by atoms with Crippen molar-refractivity contribution in [1.82, 2.24) is 15.5 Å². The van der Waals surface area contributed by atoms with Crippen molar-refractivity contribution in [2.75, 3.05) is 26.2 Å². The highest BCUT2D eigenvalue weighted by Gasteiger charge is 2.32. The molecule has 0 aromatic heterocycles. The molecular weight excluding hydrogens is 194 g/mol. The van der Waals surface area contributed by atoms with Crippen LogP contribution in [0.4, 0.5) is 4.79 Å². The number of amides is 3. The second kappa shape index (κ2) is 4.18. The SMILES string of the molecule is CC1CNCCC1CN1C(=O)CNC1=O. The smallest absolute Gasteiger partial charge is 0.324 e. The highest BCUT2D eigenvalue weighted by molar-refractivity contribution is 6.01. The van der Waals surface area contributed by atoms with Gasteiger partial charge in [0, 0.05) is 6.54 Å². The normalized spacial score (nSPS) is 31.9. The van der Waals surface area contributed by atoms with E-state index < -0.39 is 0 Å². The molecular formula is C10H17N3O2. The first-order valence-corrected chi connectivity index (χ1v) is 5.47. The van der Waals surface area contributed by atoms with E-state index in [0.717, 1.165) is 19.5 Å². The Morgan fingerprint density at radius 1 is 1.47 bits per heavy atom. The topological polar surface area (TPSA) is 61.4 Å². The Morgan fingerprint density at radius 3 is 2.87 bits per heavy atom. The molecule has 2 N–H and O–H groups in total. The van der Waals surface area contributed by atoms with Crippen LogP contribution in [0.25, 0.3) is 0 Å². The minimum Gasteiger partial charge on any atom is -0.329 e. The average Bonchev–Trinajstić information content (AvgIpc) is 2.53. The van der Waals surface area contributed by atoms with E-state index in [1.54, 1.807) is 0 Å². The van der Waals surface area contributed by atoms with E-state index in [9.17, 15) is 9.59 Å². The summed E-state index contributed by atoms with van der Waals surface area (Å²) in [6, 6.07) is -0.231. The third-order valence-corrected chi connectivity index (χ3v) is 3.32. The Balaban J connectivity index is 1.95. The molecule has 2 fully saturated rings. The van der Waals surface area contributed by atoms with Crippen LogP contribution in [0, 0.1) is 11.8 Å². The summed E-state index contributed by atoms with van der Waals surface area (Å²) in [4.78, 5) is 24.1. The van der Waals surface area contributed by atoms with E-state index in [1.807, 2.05) is 0 Å². The Bertz CT molecular complexity index is 264. The fourth-order valence-electron chi connectivity index (χ4n) is 2.21. The van der Waals surface area contributed by atoms with Gasteiger partial charge in [-0.2, -0.15) is 0 Å². The van der Waals surface area contributed by atoms with Crippen LogP contribution in [0.15, 0.2) is 0 Å². The molecule has 2 atom stereocenters. The molecule has 2 aliphatic rings. The Kier molecular flexibility index (Phi) is 2.90. The van der Waals surface area contributed by atoms with Crippen LogP contribution in [0.2, 0.25) is 0 Å². The van der Waals surface area contributed by atoms with Crippen molar-refractivity contribution in [3.63, 3.8) is 0 Å². The molecule has 15 heavy (non-hydrogen) atoms. The lowest BCUT2D eigenvalue weighted by molar-refractivity contribution is -0.125. The van der Waals surface area contributed by atoms with Crippen LogP contribution < -0.4 is 10.6 Å². The van der Waals surface area contributed by atoms with Gasteiger partial charge in [0.25, 0.3) is 0 Å². The quantitative estimate of drug-likeness (QED) is 0.621. The molecule has 2 unspecified atom stereocenters. The van der Waals surface area contributed by atoms with Gasteiger partial charge in [-0.1, -0.05) is 6.92 Å². The maximum atomic E-state index is 11.4. The fourth-order valence-corrected chi connectivity index (χ4v) is 2.21. The number of hydrogen-bond acceptors (Lipinski definition) is 3. The predicted molar refractivity (Wildman–Crippen MR) is 55.3 cm³/mol. The van der Waals surface area contributed by atoms with E-state index in [4.69, 9.17) is 0 Å². The number of rotatable bonds is 2. The summed E-state index contributed by atoms with van der Waals surface area (Å²) in [6.45, 7) is 4.87. The third-order valence-electron chi connectivity index (χ3n) is 3.32. The molecule has 0 bridgehead atoms. The second-order valence-corrected chi connectivity index (χ2v) is 4.39.